The molecule has 1 aromatic rings. The van der Waals surface area contributed by atoms with E-state index in [1.807, 2.05) is 30.3 Å². The quantitative estimate of drug-likeness (QED) is 0.615. The molecule has 0 amide bonds. The summed E-state index contributed by atoms with van der Waals surface area (Å²) in [6, 6.07) is 9.49. The van der Waals surface area contributed by atoms with Gasteiger partial charge in [-0.2, -0.15) is 0 Å². The van der Waals surface area contributed by atoms with E-state index < -0.39 is 13.5 Å². The van der Waals surface area contributed by atoms with Gasteiger partial charge in [-0.15, -0.1) is 11.6 Å². The molecule has 0 aromatic heterocycles. The zero-order valence-electron chi connectivity index (χ0n) is 9.88. The highest BCUT2D eigenvalue weighted by Crippen LogP contribution is 2.50. The molecule has 3 nitrogen and oxygen atoms in total. The highest BCUT2D eigenvalue weighted by Gasteiger charge is 2.26. The summed E-state index contributed by atoms with van der Waals surface area (Å²) in [5.74, 6) is 0.0753. The number of hydrogen-bond donors (Lipinski definition) is 1. The fourth-order valence-electron chi connectivity index (χ4n) is 1.63. The van der Waals surface area contributed by atoms with E-state index in [-0.39, 0.29) is 12.0 Å². The molecule has 0 aliphatic heterocycles. The predicted molar refractivity (Wildman–Crippen MR) is 71.0 cm³/mol. The molecule has 0 heterocycles. The van der Waals surface area contributed by atoms with E-state index in [2.05, 4.69) is 0 Å². The lowest BCUT2D eigenvalue weighted by molar-refractivity contribution is 0.213. The number of rotatable bonds is 7. The zero-order valence-corrected chi connectivity index (χ0v) is 11.5. The summed E-state index contributed by atoms with van der Waals surface area (Å²) >= 11 is 5.53. The van der Waals surface area contributed by atoms with Gasteiger partial charge in [0, 0.05) is 12.0 Å². The highest BCUT2D eigenvalue weighted by atomic mass is 35.5. The Morgan fingerprint density at radius 1 is 1.41 bits per heavy atom. The summed E-state index contributed by atoms with van der Waals surface area (Å²) in [5, 5.41) is 9.51. The molecule has 0 aliphatic rings. The van der Waals surface area contributed by atoms with Crippen molar-refractivity contribution >= 4 is 19.0 Å². The van der Waals surface area contributed by atoms with Crippen molar-refractivity contribution in [2.24, 2.45) is 0 Å². The highest BCUT2D eigenvalue weighted by molar-refractivity contribution is 7.58. The van der Waals surface area contributed by atoms with Gasteiger partial charge in [-0.05, 0) is 12.5 Å². The Kier molecular flexibility index (Phi) is 6.21. The summed E-state index contributed by atoms with van der Waals surface area (Å²) < 4.78 is 17.9. The molecule has 2 unspecified atom stereocenters. The summed E-state index contributed by atoms with van der Waals surface area (Å²) in [6.45, 7) is 2.17. The van der Waals surface area contributed by atoms with Gasteiger partial charge >= 0.3 is 0 Å². The van der Waals surface area contributed by atoms with Crippen LogP contribution in [0.3, 0.4) is 0 Å². The molecule has 0 saturated heterocycles. The average molecular weight is 277 g/mol. The van der Waals surface area contributed by atoms with E-state index in [0.717, 1.165) is 5.56 Å². The molecule has 0 saturated carbocycles. The van der Waals surface area contributed by atoms with Gasteiger partial charge in [-0.1, -0.05) is 30.3 Å². The lowest BCUT2D eigenvalue weighted by Gasteiger charge is -2.20. The molecule has 1 N–H and O–H groups in total. The van der Waals surface area contributed by atoms with Gasteiger partial charge in [0.05, 0.1) is 18.9 Å². The molecule has 0 bridgehead atoms. The predicted octanol–water partition coefficient (Wildman–Crippen LogP) is 3.10. The van der Waals surface area contributed by atoms with Crippen LogP contribution in [0.25, 0.3) is 0 Å². The summed E-state index contributed by atoms with van der Waals surface area (Å²) in [7, 11) is -2.85. The monoisotopic (exact) mass is 276 g/mol. The van der Waals surface area contributed by atoms with Gasteiger partial charge in [0.2, 0.25) is 7.37 Å². The topological polar surface area (TPSA) is 46.5 Å². The van der Waals surface area contributed by atoms with Crippen molar-refractivity contribution in [2.75, 3.05) is 18.6 Å². The lowest BCUT2D eigenvalue weighted by atomic mass is 10.2. The summed E-state index contributed by atoms with van der Waals surface area (Å²) in [4.78, 5) is 0. The van der Waals surface area contributed by atoms with Crippen molar-refractivity contribution < 1.29 is 14.2 Å². The summed E-state index contributed by atoms with van der Waals surface area (Å²) in [5.41, 5.74) is 0.950. The first-order valence-corrected chi connectivity index (χ1v) is 8.13. The molecule has 5 heteroatoms. The van der Waals surface area contributed by atoms with E-state index in [9.17, 15) is 9.67 Å². The van der Waals surface area contributed by atoms with Crippen LogP contribution in [0.2, 0.25) is 0 Å². The van der Waals surface area contributed by atoms with Crippen LogP contribution in [0, 0.1) is 0 Å². The Balaban J connectivity index is 2.74. The maximum absolute atomic E-state index is 12.5. The molecule has 96 valence electrons. The fraction of sp³-hybridized carbons (Fsp3) is 0.500. The van der Waals surface area contributed by atoms with Crippen LogP contribution >= 0.6 is 19.0 Å². The van der Waals surface area contributed by atoms with Crippen LogP contribution in [0.15, 0.2) is 30.3 Å². The largest absolute Gasteiger partial charge is 0.391 e. The number of benzene rings is 1. The van der Waals surface area contributed by atoms with Crippen molar-refractivity contribution in [3.05, 3.63) is 35.9 Å². The zero-order chi connectivity index (χ0) is 12.7. The lowest BCUT2D eigenvalue weighted by Crippen LogP contribution is -2.16. The maximum atomic E-state index is 12.5. The Morgan fingerprint density at radius 3 is 2.59 bits per heavy atom. The molecule has 0 aliphatic carbocycles. The normalized spacial score (nSPS) is 16.4. The van der Waals surface area contributed by atoms with E-state index in [4.69, 9.17) is 16.1 Å². The molecule has 1 aromatic carbocycles. The maximum Gasteiger partial charge on any atom is 0.210 e. The van der Waals surface area contributed by atoms with Crippen LogP contribution in [0.1, 0.15) is 12.5 Å². The van der Waals surface area contributed by atoms with Gasteiger partial charge in [0.1, 0.15) is 0 Å². The Morgan fingerprint density at radius 2 is 2.06 bits per heavy atom. The van der Waals surface area contributed by atoms with E-state index >= 15 is 0 Å². The molecular weight excluding hydrogens is 259 g/mol. The van der Waals surface area contributed by atoms with Crippen LogP contribution in [-0.4, -0.2) is 29.9 Å². The van der Waals surface area contributed by atoms with Gasteiger partial charge in [0.15, 0.2) is 0 Å². The van der Waals surface area contributed by atoms with Gasteiger partial charge in [0.25, 0.3) is 0 Å². The molecular formula is C12H18ClO3P. The number of halogens is 1. The van der Waals surface area contributed by atoms with Crippen LogP contribution in [0.5, 0.6) is 0 Å². The first-order chi connectivity index (χ1) is 8.09. The Bertz CT molecular complexity index is 369. The molecule has 0 spiro atoms. The first-order valence-electron chi connectivity index (χ1n) is 5.60. The van der Waals surface area contributed by atoms with Crippen molar-refractivity contribution in [1.82, 2.24) is 0 Å². The van der Waals surface area contributed by atoms with Gasteiger partial charge in [-0.3, -0.25) is 4.57 Å². The van der Waals surface area contributed by atoms with E-state index in [0.29, 0.717) is 12.8 Å². The van der Waals surface area contributed by atoms with Gasteiger partial charge < -0.3 is 9.63 Å². The van der Waals surface area contributed by atoms with Crippen LogP contribution in [-0.2, 0) is 15.3 Å². The molecule has 1 rings (SSSR count). The number of hydrogen-bond acceptors (Lipinski definition) is 3. The first kappa shape index (κ1) is 14.7. The smallest absolute Gasteiger partial charge is 0.210 e. The Hall–Kier alpha value is -0.340. The second-order valence-corrected chi connectivity index (χ2v) is 6.74. The molecule has 17 heavy (non-hydrogen) atoms. The standard InChI is InChI=1S/C12H18ClO3P/c1-2-16-17(15,10-12(14)8-13)9-11-6-4-3-5-7-11/h3-7,12,14H,2,8-10H2,1H3. The van der Waals surface area contributed by atoms with Crippen molar-refractivity contribution in [2.45, 2.75) is 19.2 Å². The summed E-state index contributed by atoms with van der Waals surface area (Å²) in [6.07, 6.45) is -0.327. The molecule has 2 atom stereocenters. The minimum atomic E-state index is -2.85. The van der Waals surface area contributed by atoms with Gasteiger partial charge in [-0.25, -0.2) is 0 Å². The van der Waals surface area contributed by atoms with Crippen molar-refractivity contribution in [3.63, 3.8) is 0 Å². The average Bonchev–Trinajstić information content (AvgIpc) is 2.30. The van der Waals surface area contributed by atoms with Crippen LogP contribution in [0.4, 0.5) is 0 Å². The third kappa shape index (κ3) is 5.22. The SMILES string of the molecule is CCOP(=O)(Cc1ccccc1)CC(O)CCl. The molecule has 0 radical (unpaired) electrons. The second-order valence-electron chi connectivity index (χ2n) is 3.87. The van der Waals surface area contributed by atoms with Crippen molar-refractivity contribution in [1.29, 1.82) is 0 Å². The number of aliphatic hydroxyl groups is 1. The second kappa shape index (κ2) is 7.17. The third-order valence-corrected chi connectivity index (χ3v) is 5.21. The van der Waals surface area contributed by atoms with E-state index in [1.165, 1.54) is 0 Å². The molecule has 0 fully saturated rings. The minimum Gasteiger partial charge on any atom is -0.391 e. The van der Waals surface area contributed by atoms with Crippen LogP contribution < -0.4 is 0 Å². The number of aliphatic hydroxyl groups excluding tert-OH is 1. The van der Waals surface area contributed by atoms with E-state index in [1.54, 1.807) is 6.92 Å². The van der Waals surface area contributed by atoms with Crippen molar-refractivity contribution in [3.8, 4) is 0 Å². The fourth-order valence-corrected chi connectivity index (χ4v) is 4.23. The Labute approximate surface area is 107 Å². The third-order valence-electron chi connectivity index (χ3n) is 2.30. The minimum absolute atomic E-state index is 0.0753. The number of alkyl halides is 1.